The van der Waals surface area contributed by atoms with Gasteiger partial charge in [-0.1, -0.05) is 43.7 Å². The molecule has 0 aliphatic rings. The molecule has 0 radical (unpaired) electrons. The monoisotopic (exact) mass is 345 g/mol. The highest BCUT2D eigenvalue weighted by molar-refractivity contribution is 7.89. The van der Waals surface area contributed by atoms with Crippen molar-refractivity contribution in [3.05, 3.63) is 53.6 Å². The molecule has 0 aliphatic carbocycles. The number of nitrogens with one attached hydrogen (secondary N) is 1. The van der Waals surface area contributed by atoms with Crippen molar-refractivity contribution in [2.24, 2.45) is 0 Å². The number of fused-ring (bicyclic) bond motifs is 1. The van der Waals surface area contributed by atoms with Crippen molar-refractivity contribution in [2.45, 2.75) is 37.6 Å². The van der Waals surface area contributed by atoms with E-state index < -0.39 is 10.0 Å². The topological polar surface area (TPSA) is 85.1 Å². The van der Waals surface area contributed by atoms with Crippen LogP contribution in [0.1, 0.15) is 37.4 Å². The van der Waals surface area contributed by atoms with E-state index in [-0.39, 0.29) is 16.5 Å². The lowest BCUT2D eigenvalue weighted by Crippen LogP contribution is -2.27. The molecule has 0 saturated carbocycles. The summed E-state index contributed by atoms with van der Waals surface area (Å²) >= 11 is 0. The summed E-state index contributed by atoms with van der Waals surface area (Å²) < 4.78 is 32.7. The number of rotatable bonds is 6. The summed E-state index contributed by atoms with van der Waals surface area (Å²) in [6, 6.07) is 12.4. The highest BCUT2D eigenvalue weighted by atomic mass is 32.2. The maximum Gasteiger partial charge on any atom is 0.243 e. The van der Waals surface area contributed by atoms with Crippen LogP contribution in [0.2, 0.25) is 0 Å². The van der Waals surface area contributed by atoms with Crippen molar-refractivity contribution < 1.29 is 13.0 Å². The molecule has 0 spiro atoms. The fraction of sp³-hybridized carbons (Fsp3) is 0.294. The second-order valence-electron chi connectivity index (χ2n) is 5.72. The molecule has 1 aromatic heterocycles. The first kappa shape index (κ1) is 16.6. The molecule has 7 heteroatoms. The molecule has 24 heavy (non-hydrogen) atoms. The summed E-state index contributed by atoms with van der Waals surface area (Å²) in [4.78, 5) is 0.0655. The molecule has 2 aromatic carbocycles. The van der Waals surface area contributed by atoms with Gasteiger partial charge in [0.15, 0.2) is 5.52 Å². The zero-order valence-corrected chi connectivity index (χ0v) is 14.4. The molecule has 0 saturated heterocycles. The van der Waals surface area contributed by atoms with Gasteiger partial charge in [-0.05, 0) is 46.9 Å². The predicted octanol–water partition coefficient (Wildman–Crippen LogP) is 3.21. The van der Waals surface area contributed by atoms with E-state index in [0.29, 0.717) is 5.52 Å². The van der Waals surface area contributed by atoms with Crippen LogP contribution in [0.25, 0.3) is 11.0 Å². The Balaban J connectivity index is 1.84. The highest BCUT2D eigenvalue weighted by Gasteiger charge is 2.22. The lowest BCUT2D eigenvalue weighted by Gasteiger charge is -2.15. The molecule has 1 N–H and O–H groups in total. The van der Waals surface area contributed by atoms with Crippen LogP contribution < -0.4 is 4.72 Å². The second-order valence-corrected chi connectivity index (χ2v) is 7.41. The molecule has 1 atom stereocenters. The molecule has 0 amide bonds. The quantitative estimate of drug-likeness (QED) is 0.741. The largest absolute Gasteiger partial charge is 0.243 e. The van der Waals surface area contributed by atoms with Crippen molar-refractivity contribution in [2.75, 3.05) is 0 Å². The van der Waals surface area contributed by atoms with Crippen LogP contribution in [-0.4, -0.2) is 18.7 Å². The van der Waals surface area contributed by atoms with Crippen LogP contribution in [0.5, 0.6) is 0 Å². The van der Waals surface area contributed by atoms with Gasteiger partial charge in [0, 0.05) is 6.04 Å². The molecule has 0 aliphatic heterocycles. The first-order valence-electron chi connectivity index (χ1n) is 7.83. The summed E-state index contributed by atoms with van der Waals surface area (Å²) in [7, 11) is -3.74. The predicted molar refractivity (Wildman–Crippen MR) is 91.0 cm³/mol. The molecule has 0 fully saturated rings. The fourth-order valence-corrected chi connectivity index (χ4v) is 4.01. The van der Waals surface area contributed by atoms with Crippen molar-refractivity contribution >= 4 is 21.1 Å². The maximum atomic E-state index is 12.7. The lowest BCUT2D eigenvalue weighted by atomic mass is 10.0. The Hall–Kier alpha value is -2.25. The maximum absolute atomic E-state index is 12.7. The number of benzene rings is 2. The average molecular weight is 345 g/mol. The van der Waals surface area contributed by atoms with Gasteiger partial charge in [-0.3, -0.25) is 0 Å². The fourth-order valence-electron chi connectivity index (χ4n) is 2.62. The van der Waals surface area contributed by atoms with Gasteiger partial charge in [-0.15, -0.1) is 0 Å². The molecule has 1 unspecified atom stereocenters. The number of nitrogens with zero attached hydrogens (tertiary/aromatic N) is 2. The van der Waals surface area contributed by atoms with Crippen LogP contribution in [0.15, 0.2) is 52.0 Å². The average Bonchev–Trinajstić information content (AvgIpc) is 3.03. The Kier molecular flexibility index (Phi) is 4.64. The van der Waals surface area contributed by atoms with E-state index in [1.165, 1.54) is 11.6 Å². The van der Waals surface area contributed by atoms with E-state index >= 15 is 0 Å². The van der Waals surface area contributed by atoms with Gasteiger partial charge in [0.1, 0.15) is 10.4 Å². The lowest BCUT2D eigenvalue weighted by molar-refractivity contribution is 0.315. The molecule has 1 heterocycles. The summed E-state index contributed by atoms with van der Waals surface area (Å²) in [5, 5.41) is 7.37. The number of aromatic nitrogens is 2. The van der Waals surface area contributed by atoms with E-state index in [2.05, 4.69) is 26.6 Å². The third-order valence-electron chi connectivity index (χ3n) is 3.89. The van der Waals surface area contributed by atoms with Gasteiger partial charge in [-0.2, -0.15) is 0 Å². The molecule has 0 bridgehead atoms. The Morgan fingerprint density at radius 2 is 1.88 bits per heavy atom. The zero-order chi connectivity index (χ0) is 17.2. The van der Waals surface area contributed by atoms with Gasteiger partial charge in [0.05, 0.1) is 0 Å². The van der Waals surface area contributed by atoms with Crippen LogP contribution in [0.3, 0.4) is 0 Å². The van der Waals surface area contributed by atoms with Crippen LogP contribution in [0, 0.1) is 0 Å². The summed E-state index contributed by atoms with van der Waals surface area (Å²) in [5.74, 6) is 0. The van der Waals surface area contributed by atoms with E-state index in [1.807, 2.05) is 31.2 Å². The summed E-state index contributed by atoms with van der Waals surface area (Å²) in [6.07, 6.45) is 2.10. The second kappa shape index (κ2) is 6.70. The zero-order valence-electron chi connectivity index (χ0n) is 13.6. The van der Waals surface area contributed by atoms with Crippen molar-refractivity contribution in [3.8, 4) is 0 Å². The Bertz CT molecular complexity index is 933. The molecule has 6 nitrogen and oxygen atoms in total. The normalized spacial score (nSPS) is 13.2. The van der Waals surface area contributed by atoms with Gasteiger partial charge in [-0.25, -0.2) is 17.8 Å². The minimum atomic E-state index is -3.74. The third kappa shape index (κ3) is 3.32. The third-order valence-corrected chi connectivity index (χ3v) is 5.46. The van der Waals surface area contributed by atoms with E-state index in [0.717, 1.165) is 18.4 Å². The highest BCUT2D eigenvalue weighted by Crippen LogP contribution is 2.22. The Morgan fingerprint density at radius 3 is 2.58 bits per heavy atom. The molecule has 3 rings (SSSR count). The first-order valence-corrected chi connectivity index (χ1v) is 9.32. The summed E-state index contributed by atoms with van der Waals surface area (Å²) in [5.41, 5.74) is 2.79. The van der Waals surface area contributed by atoms with Crippen molar-refractivity contribution in [1.82, 2.24) is 15.0 Å². The van der Waals surface area contributed by atoms with Gasteiger partial charge >= 0.3 is 0 Å². The molecule has 3 aromatic rings. The number of hydrogen-bond acceptors (Lipinski definition) is 5. The first-order chi connectivity index (χ1) is 11.5. The standard InChI is InChI=1S/C17H19N3O3S/c1-3-5-13-8-10-14(11-9-13)12(2)20-24(21,22)16-7-4-6-15-17(16)19-23-18-15/h4,6-12,20H,3,5H2,1-2H3. The van der Waals surface area contributed by atoms with Crippen LogP contribution in [0.4, 0.5) is 0 Å². The Morgan fingerprint density at radius 1 is 1.12 bits per heavy atom. The van der Waals surface area contributed by atoms with E-state index in [9.17, 15) is 8.42 Å². The van der Waals surface area contributed by atoms with Crippen molar-refractivity contribution in [3.63, 3.8) is 0 Å². The smallest absolute Gasteiger partial charge is 0.243 e. The molecular formula is C17H19N3O3S. The van der Waals surface area contributed by atoms with Gasteiger partial charge < -0.3 is 0 Å². The van der Waals surface area contributed by atoms with Gasteiger partial charge in [0.2, 0.25) is 10.0 Å². The van der Waals surface area contributed by atoms with Crippen LogP contribution in [-0.2, 0) is 16.4 Å². The van der Waals surface area contributed by atoms with Gasteiger partial charge in [0.25, 0.3) is 0 Å². The molecule has 126 valence electrons. The van der Waals surface area contributed by atoms with E-state index in [1.54, 1.807) is 12.1 Å². The minimum absolute atomic E-state index is 0.0655. The number of sulfonamides is 1. The Labute approximate surface area is 140 Å². The molecular weight excluding hydrogens is 326 g/mol. The van der Waals surface area contributed by atoms with E-state index in [4.69, 9.17) is 0 Å². The number of aryl methyl sites for hydroxylation is 1. The SMILES string of the molecule is CCCc1ccc(C(C)NS(=O)(=O)c2cccc3nonc23)cc1. The van der Waals surface area contributed by atoms with Crippen LogP contribution >= 0.6 is 0 Å². The number of hydrogen-bond donors (Lipinski definition) is 1. The minimum Gasteiger partial charge on any atom is -0.243 e. The van der Waals surface area contributed by atoms with Crippen molar-refractivity contribution in [1.29, 1.82) is 0 Å². The summed E-state index contributed by atoms with van der Waals surface area (Å²) in [6.45, 7) is 3.94.